The first-order valence-corrected chi connectivity index (χ1v) is 8.60. The third-order valence-corrected chi connectivity index (χ3v) is 4.22. The van der Waals surface area contributed by atoms with Gasteiger partial charge in [-0.2, -0.15) is 0 Å². The van der Waals surface area contributed by atoms with Crippen molar-refractivity contribution in [3.05, 3.63) is 17.7 Å². The molecular weight excluding hydrogens is 332 g/mol. The smallest absolute Gasteiger partial charge is 0.407 e. The number of imidazole rings is 1. The summed E-state index contributed by atoms with van der Waals surface area (Å²) in [6.45, 7) is 6.12. The van der Waals surface area contributed by atoms with Crippen LogP contribution in [-0.2, 0) is 9.53 Å². The zero-order valence-electron chi connectivity index (χ0n) is 15.5. The van der Waals surface area contributed by atoms with Gasteiger partial charge in [0.2, 0.25) is 5.91 Å². The van der Waals surface area contributed by atoms with E-state index >= 15 is 0 Å². The predicted molar refractivity (Wildman–Crippen MR) is 96.8 cm³/mol. The fraction of sp³-hybridized carbons (Fsp3) is 0.526. The van der Waals surface area contributed by atoms with Gasteiger partial charge in [0, 0.05) is 6.54 Å². The van der Waals surface area contributed by atoms with E-state index in [1.165, 1.54) is 7.11 Å². The lowest BCUT2D eigenvalue weighted by molar-refractivity contribution is -0.135. The molecule has 2 atom stereocenters. The largest absolute Gasteiger partial charge is 0.453 e. The van der Waals surface area contributed by atoms with Gasteiger partial charge in [-0.3, -0.25) is 4.79 Å². The van der Waals surface area contributed by atoms with Crippen molar-refractivity contribution in [2.24, 2.45) is 5.92 Å². The first-order chi connectivity index (χ1) is 12.5. The average Bonchev–Trinajstić information content (AvgIpc) is 3.27. The standard InChI is InChI=1S/C19H24N4O3/c1-5-6-7-9-14-12-20-17(21-14)15-10-8-11-23(15)18(24)16(13(2)3)22-19(25)26-4/h12-13,15-16H,8,10-11H2,1-4H3,(H,20,21)(H,22,25)/t15-,16-/m1/s1. The summed E-state index contributed by atoms with van der Waals surface area (Å²) in [6.07, 6.45) is 2.72. The van der Waals surface area contributed by atoms with Crippen molar-refractivity contribution in [2.45, 2.75) is 45.7 Å². The van der Waals surface area contributed by atoms with Crippen LogP contribution in [0.25, 0.3) is 0 Å². The second-order valence-corrected chi connectivity index (χ2v) is 6.35. The molecule has 7 nitrogen and oxygen atoms in total. The number of ether oxygens (including phenoxy) is 1. The number of amides is 2. The summed E-state index contributed by atoms with van der Waals surface area (Å²) in [5.74, 6) is 11.5. The first kappa shape index (κ1) is 19.4. The molecule has 2 heterocycles. The van der Waals surface area contributed by atoms with E-state index in [-0.39, 0.29) is 17.9 Å². The fourth-order valence-corrected chi connectivity index (χ4v) is 2.92. The van der Waals surface area contributed by atoms with Gasteiger partial charge in [-0.25, -0.2) is 9.78 Å². The number of nitrogens with one attached hydrogen (secondary N) is 2. The lowest BCUT2D eigenvalue weighted by Crippen LogP contribution is -2.51. The van der Waals surface area contributed by atoms with E-state index in [0.717, 1.165) is 12.8 Å². The number of hydrogen-bond acceptors (Lipinski definition) is 4. The van der Waals surface area contributed by atoms with Crippen molar-refractivity contribution in [3.8, 4) is 23.7 Å². The van der Waals surface area contributed by atoms with Gasteiger partial charge in [0.15, 0.2) is 0 Å². The molecule has 0 unspecified atom stereocenters. The summed E-state index contributed by atoms with van der Waals surface area (Å²) in [4.78, 5) is 33.9. The number of nitrogens with zero attached hydrogens (tertiary/aromatic N) is 2. The number of rotatable bonds is 4. The third-order valence-electron chi connectivity index (χ3n) is 4.22. The number of aromatic nitrogens is 2. The van der Waals surface area contributed by atoms with Crippen LogP contribution in [0.4, 0.5) is 4.79 Å². The van der Waals surface area contributed by atoms with Crippen LogP contribution in [0.3, 0.4) is 0 Å². The van der Waals surface area contributed by atoms with Gasteiger partial charge in [-0.15, -0.1) is 0 Å². The normalized spacial score (nSPS) is 17.0. The third kappa shape index (κ3) is 4.58. The number of hydrogen-bond donors (Lipinski definition) is 2. The quantitative estimate of drug-likeness (QED) is 0.806. The molecule has 2 rings (SSSR count). The summed E-state index contributed by atoms with van der Waals surface area (Å²) < 4.78 is 4.64. The topological polar surface area (TPSA) is 87.3 Å². The molecule has 1 aromatic rings. The number of carbonyl (C=O) groups is 2. The van der Waals surface area contributed by atoms with Gasteiger partial charge < -0.3 is 19.9 Å². The summed E-state index contributed by atoms with van der Waals surface area (Å²) >= 11 is 0. The lowest BCUT2D eigenvalue weighted by atomic mass is 10.0. The van der Waals surface area contributed by atoms with Gasteiger partial charge in [-0.1, -0.05) is 19.8 Å². The van der Waals surface area contributed by atoms with Crippen molar-refractivity contribution in [3.63, 3.8) is 0 Å². The number of carbonyl (C=O) groups excluding carboxylic acids is 2. The van der Waals surface area contributed by atoms with E-state index in [2.05, 4.69) is 43.7 Å². The van der Waals surface area contributed by atoms with Gasteiger partial charge in [0.1, 0.15) is 17.6 Å². The Morgan fingerprint density at radius 2 is 2.19 bits per heavy atom. The van der Waals surface area contributed by atoms with Crippen LogP contribution in [0, 0.1) is 29.6 Å². The van der Waals surface area contributed by atoms with E-state index in [0.29, 0.717) is 18.1 Å². The Bertz CT molecular complexity index is 776. The molecule has 2 N–H and O–H groups in total. The first-order valence-electron chi connectivity index (χ1n) is 8.60. The summed E-state index contributed by atoms with van der Waals surface area (Å²) in [6, 6.07) is -0.798. The minimum Gasteiger partial charge on any atom is -0.453 e. The molecule has 0 radical (unpaired) electrons. The van der Waals surface area contributed by atoms with Gasteiger partial charge in [0.25, 0.3) is 0 Å². The van der Waals surface area contributed by atoms with Crippen molar-refractivity contribution < 1.29 is 14.3 Å². The van der Waals surface area contributed by atoms with Crippen LogP contribution in [0.2, 0.25) is 0 Å². The monoisotopic (exact) mass is 356 g/mol. The van der Waals surface area contributed by atoms with E-state index in [9.17, 15) is 9.59 Å². The molecule has 0 bridgehead atoms. The second-order valence-electron chi connectivity index (χ2n) is 6.35. The van der Waals surface area contributed by atoms with Crippen LogP contribution in [-0.4, -0.2) is 46.6 Å². The summed E-state index contributed by atoms with van der Waals surface area (Å²) in [7, 11) is 1.28. The Kier molecular flexibility index (Phi) is 6.68. The predicted octanol–water partition coefficient (Wildman–Crippen LogP) is 1.83. The fourth-order valence-electron chi connectivity index (χ4n) is 2.92. The van der Waals surface area contributed by atoms with E-state index in [1.54, 1.807) is 18.0 Å². The Balaban J connectivity index is 2.18. The van der Waals surface area contributed by atoms with Crippen LogP contribution >= 0.6 is 0 Å². The summed E-state index contributed by atoms with van der Waals surface area (Å²) in [5.41, 5.74) is 0.662. The number of likely N-dealkylation sites (tertiary alicyclic amines) is 1. The highest BCUT2D eigenvalue weighted by Crippen LogP contribution is 2.31. The van der Waals surface area contributed by atoms with Gasteiger partial charge >= 0.3 is 6.09 Å². The molecule has 0 aliphatic carbocycles. The molecule has 0 saturated carbocycles. The van der Waals surface area contributed by atoms with Crippen LogP contribution in [0.5, 0.6) is 0 Å². The highest BCUT2D eigenvalue weighted by atomic mass is 16.5. The lowest BCUT2D eigenvalue weighted by Gasteiger charge is -2.29. The van der Waals surface area contributed by atoms with E-state index < -0.39 is 12.1 Å². The SMILES string of the molecule is CC#CC#Cc1cnc([C@H]2CCCN2C(=O)[C@H](NC(=O)OC)C(C)C)[nH]1. The molecular formula is C19H24N4O3. The molecule has 1 aliphatic rings. The highest BCUT2D eigenvalue weighted by molar-refractivity contribution is 5.86. The van der Waals surface area contributed by atoms with Crippen molar-refractivity contribution >= 4 is 12.0 Å². The van der Waals surface area contributed by atoms with Gasteiger partial charge in [0.05, 0.1) is 19.3 Å². The molecule has 1 fully saturated rings. The van der Waals surface area contributed by atoms with Crippen LogP contribution in [0.1, 0.15) is 51.2 Å². The highest BCUT2D eigenvalue weighted by Gasteiger charge is 2.37. The van der Waals surface area contributed by atoms with Crippen molar-refractivity contribution in [2.75, 3.05) is 13.7 Å². The average molecular weight is 356 g/mol. The molecule has 7 heteroatoms. The molecule has 138 valence electrons. The Hall–Kier alpha value is -2.93. The van der Waals surface area contributed by atoms with Crippen molar-refractivity contribution in [1.82, 2.24) is 20.2 Å². The molecule has 1 aliphatic heterocycles. The maximum absolute atomic E-state index is 13.0. The zero-order valence-corrected chi connectivity index (χ0v) is 15.5. The van der Waals surface area contributed by atoms with Crippen LogP contribution < -0.4 is 5.32 Å². The van der Waals surface area contributed by atoms with E-state index in [1.807, 2.05) is 13.8 Å². The number of alkyl carbamates (subject to hydrolysis) is 1. The maximum Gasteiger partial charge on any atom is 0.407 e. The summed E-state index contributed by atoms with van der Waals surface area (Å²) in [5, 5.41) is 2.63. The Morgan fingerprint density at radius 1 is 1.42 bits per heavy atom. The molecule has 1 aromatic heterocycles. The number of aromatic amines is 1. The molecule has 0 aromatic carbocycles. The molecule has 2 amide bonds. The molecule has 26 heavy (non-hydrogen) atoms. The van der Waals surface area contributed by atoms with Crippen LogP contribution in [0.15, 0.2) is 6.20 Å². The molecule has 1 saturated heterocycles. The minimum atomic E-state index is -0.642. The zero-order chi connectivity index (χ0) is 19.1. The maximum atomic E-state index is 13.0. The van der Waals surface area contributed by atoms with Gasteiger partial charge in [-0.05, 0) is 43.4 Å². The van der Waals surface area contributed by atoms with Crippen molar-refractivity contribution in [1.29, 1.82) is 0 Å². The van der Waals surface area contributed by atoms with E-state index in [4.69, 9.17) is 0 Å². The Morgan fingerprint density at radius 3 is 2.85 bits per heavy atom. The number of H-pyrrole nitrogens is 1. The molecule has 0 spiro atoms. The minimum absolute atomic E-state index is 0.0616. The second kappa shape index (κ2) is 8.96. The Labute approximate surface area is 153 Å². The number of methoxy groups -OCH3 is 1.